The summed E-state index contributed by atoms with van der Waals surface area (Å²) >= 11 is 0. The molecule has 1 atom stereocenters. The quantitative estimate of drug-likeness (QED) is 0.848. The van der Waals surface area contributed by atoms with Gasteiger partial charge in [-0.05, 0) is 68.6 Å². The summed E-state index contributed by atoms with van der Waals surface area (Å²) in [7, 11) is 0. The van der Waals surface area contributed by atoms with E-state index in [-0.39, 0.29) is 5.56 Å². The molecular formula is C20H27N5O. The van der Waals surface area contributed by atoms with Crippen molar-refractivity contribution in [2.45, 2.75) is 52.5 Å². The fourth-order valence-electron chi connectivity index (χ4n) is 4.12. The fourth-order valence-corrected chi connectivity index (χ4v) is 4.12. The predicted molar refractivity (Wildman–Crippen MR) is 101 cm³/mol. The number of hydrogen-bond donors (Lipinski definition) is 0. The third-order valence-electron chi connectivity index (χ3n) is 5.76. The molecule has 6 nitrogen and oxygen atoms in total. The highest BCUT2D eigenvalue weighted by molar-refractivity contribution is 5.42. The Labute approximate surface area is 154 Å². The van der Waals surface area contributed by atoms with Gasteiger partial charge in [-0.2, -0.15) is 10.2 Å². The van der Waals surface area contributed by atoms with Crippen LogP contribution in [0.25, 0.3) is 0 Å². The summed E-state index contributed by atoms with van der Waals surface area (Å²) in [4.78, 5) is 14.3. The molecule has 1 unspecified atom stereocenters. The Hall–Kier alpha value is -2.24. The third-order valence-corrected chi connectivity index (χ3v) is 5.76. The first-order valence-electron chi connectivity index (χ1n) is 9.73. The van der Waals surface area contributed by atoms with Gasteiger partial charge in [-0.25, -0.2) is 4.68 Å². The van der Waals surface area contributed by atoms with E-state index < -0.39 is 0 Å². The van der Waals surface area contributed by atoms with Gasteiger partial charge in [-0.3, -0.25) is 4.79 Å². The van der Waals surface area contributed by atoms with Crippen molar-refractivity contribution in [2.24, 2.45) is 11.8 Å². The van der Waals surface area contributed by atoms with Gasteiger partial charge >= 0.3 is 0 Å². The van der Waals surface area contributed by atoms with E-state index in [1.54, 1.807) is 16.8 Å². The van der Waals surface area contributed by atoms with E-state index in [1.807, 2.05) is 6.92 Å². The standard InChI is InChI=1S/C20H27N5O/c1-14-3-5-18-17(11-14)12-19(22-21-18)24-9-7-16(8-10-24)13-25-20(26)6-4-15(2)23-25/h4,6,12,14,16H,3,5,7-11,13H2,1-2H3. The molecule has 0 bridgehead atoms. The minimum Gasteiger partial charge on any atom is -0.355 e. The summed E-state index contributed by atoms with van der Waals surface area (Å²) < 4.78 is 1.62. The van der Waals surface area contributed by atoms with E-state index in [0.29, 0.717) is 12.5 Å². The van der Waals surface area contributed by atoms with Crippen LogP contribution in [-0.4, -0.2) is 33.1 Å². The number of fused-ring (bicyclic) bond motifs is 1. The number of anilines is 1. The van der Waals surface area contributed by atoms with Crippen molar-refractivity contribution in [1.29, 1.82) is 0 Å². The summed E-state index contributed by atoms with van der Waals surface area (Å²) in [6.07, 6.45) is 5.51. The van der Waals surface area contributed by atoms with Gasteiger partial charge in [0.05, 0.1) is 11.4 Å². The summed E-state index contributed by atoms with van der Waals surface area (Å²) in [6, 6.07) is 5.64. The van der Waals surface area contributed by atoms with Crippen LogP contribution in [-0.2, 0) is 19.4 Å². The maximum absolute atomic E-state index is 12.0. The van der Waals surface area contributed by atoms with Crippen LogP contribution >= 0.6 is 0 Å². The molecule has 0 aromatic carbocycles. The zero-order valence-electron chi connectivity index (χ0n) is 15.7. The Morgan fingerprint density at radius 3 is 2.77 bits per heavy atom. The number of nitrogens with zero attached hydrogens (tertiary/aromatic N) is 5. The number of aromatic nitrogens is 4. The van der Waals surface area contributed by atoms with E-state index >= 15 is 0 Å². The van der Waals surface area contributed by atoms with Crippen LogP contribution in [0.4, 0.5) is 5.82 Å². The molecule has 0 radical (unpaired) electrons. The molecule has 0 saturated carbocycles. The first-order chi connectivity index (χ1) is 12.6. The lowest BCUT2D eigenvalue weighted by molar-refractivity contribution is 0.333. The van der Waals surface area contributed by atoms with Crippen LogP contribution in [0.15, 0.2) is 23.0 Å². The highest BCUT2D eigenvalue weighted by Crippen LogP contribution is 2.28. The van der Waals surface area contributed by atoms with Gasteiger partial charge in [0.1, 0.15) is 0 Å². The molecule has 6 heteroatoms. The van der Waals surface area contributed by atoms with Gasteiger partial charge in [0.2, 0.25) is 0 Å². The van der Waals surface area contributed by atoms with E-state index in [0.717, 1.165) is 56.2 Å². The number of piperidine rings is 1. The predicted octanol–water partition coefficient (Wildman–Crippen LogP) is 2.38. The molecule has 3 heterocycles. The van der Waals surface area contributed by atoms with E-state index in [4.69, 9.17) is 0 Å². The van der Waals surface area contributed by atoms with Crippen molar-refractivity contribution >= 4 is 5.82 Å². The lowest BCUT2D eigenvalue weighted by atomic mass is 9.88. The number of hydrogen-bond acceptors (Lipinski definition) is 5. The second-order valence-corrected chi connectivity index (χ2v) is 7.95. The molecule has 0 spiro atoms. The SMILES string of the molecule is Cc1ccc(=O)n(CC2CCN(c3cc4c(nn3)CCC(C)C4)CC2)n1. The summed E-state index contributed by atoms with van der Waals surface area (Å²) in [5, 5.41) is 13.3. The zero-order chi connectivity index (χ0) is 18.1. The zero-order valence-corrected chi connectivity index (χ0v) is 15.7. The normalized spacial score (nSPS) is 20.8. The number of rotatable bonds is 3. The van der Waals surface area contributed by atoms with Crippen LogP contribution < -0.4 is 10.5 Å². The molecule has 2 aliphatic rings. The van der Waals surface area contributed by atoms with Crippen LogP contribution in [0.1, 0.15) is 43.1 Å². The molecule has 0 N–H and O–H groups in total. The molecule has 1 fully saturated rings. The topological polar surface area (TPSA) is 63.9 Å². The molecule has 138 valence electrons. The van der Waals surface area contributed by atoms with Crippen LogP contribution in [0.3, 0.4) is 0 Å². The van der Waals surface area contributed by atoms with Crippen LogP contribution in [0.5, 0.6) is 0 Å². The lowest BCUT2D eigenvalue weighted by Crippen LogP contribution is -2.37. The van der Waals surface area contributed by atoms with Gasteiger partial charge in [-0.15, -0.1) is 5.10 Å². The molecule has 1 saturated heterocycles. The molecule has 2 aromatic rings. The molecule has 4 rings (SSSR count). The molecule has 2 aromatic heterocycles. The Morgan fingerprint density at radius 2 is 1.96 bits per heavy atom. The molecule has 1 aliphatic carbocycles. The molecule has 26 heavy (non-hydrogen) atoms. The Balaban J connectivity index is 1.40. The van der Waals surface area contributed by atoms with Crippen LogP contribution in [0, 0.1) is 18.8 Å². The van der Waals surface area contributed by atoms with Crippen LogP contribution in [0.2, 0.25) is 0 Å². The highest BCUT2D eigenvalue weighted by atomic mass is 16.1. The Morgan fingerprint density at radius 1 is 1.15 bits per heavy atom. The largest absolute Gasteiger partial charge is 0.355 e. The van der Waals surface area contributed by atoms with Crippen molar-refractivity contribution in [3.05, 3.63) is 45.5 Å². The Bertz CT molecular complexity index is 838. The first-order valence-corrected chi connectivity index (χ1v) is 9.73. The summed E-state index contributed by atoms with van der Waals surface area (Å²) in [5.74, 6) is 2.25. The maximum atomic E-state index is 12.0. The third kappa shape index (κ3) is 3.64. The van der Waals surface area contributed by atoms with Crippen molar-refractivity contribution in [2.75, 3.05) is 18.0 Å². The summed E-state index contributed by atoms with van der Waals surface area (Å²) in [6.45, 7) is 6.88. The second-order valence-electron chi connectivity index (χ2n) is 7.95. The van der Waals surface area contributed by atoms with Crippen molar-refractivity contribution in [3.8, 4) is 0 Å². The molecule has 1 aliphatic heterocycles. The monoisotopic (exact) mass is 353 g/mol. The van der Waals surface area contributed by atoms with Crippen molar-refractivity contribution < 1.29 is 0 Å². The fraction of sp³-hybridized carbons (Fsp3) is 0.600. The number of aryl methyl sites for hydroxylation is 2. The van der Waals surface area contributed by atoms with Crippen molar-refractivity contribution in [1.82, 2.24) is 20.0 Å². The van der Waals surface area contributed by atoms with E-state index in [2.05, 4.69) is 33.2 Å². The summed E-state index contributed by atoms with van der Waals surface area (Å²) in [5.41, 5.74) is 3.45. The van der Waals surface area contributed by atoms with Gasteiger partial charge in [0.15, 0.2) is 5.82 Å². The molecular weight excluding hydrogens is 326 g/mol. The minimum absolute atomic E-state index is 0.00676. The smallest absolute Gasteiger partial charge is 0.266 e. The van der Waals surface area contributed by atoms with Gasteiger partial charge in [-0.1, -0.05) is 6.92 Å². The molecule has 0 amide bonds. The van der Waals surface area contributed by atoms with Crippen molar-refractivity contribution in [3.63, 3.8) is 0 Å². The van der Waals surface area contributed by atoms with E-state index in [9.17, 15) is 4.79 Å². The van der Waals surface area contributed by atoms with Gasteiger partial charge in [0, 0.05) is 25.7 Å². The Kier molecular flexibility index (Phi) is 4.74. The highest BCUT2D eigenvalue weighted by Gasteiger charge is 2.23. The average molecular weight is 353 g/mol. The lowest BCUT2D eigenvalue weighted by Gasteiger charge is -2.33. The van der Waals surface area contributed by atoms with E-state index in [1.165, 1.54) is 17.7 Å². The first kappa shape index (κ1) is 17.2. The van der Waals surface area contributed by atoms with Gasteiger partial charge < -0.3 is 4.90 Å². The average Bonchev–Trinajstić information content (AvgIpc) is 2.65. The second kappa shape index (κ2) is 7.17. The van der Waals surface area contributed by atoms with Gasteiger partial charge in [0.25, 0.3) is 5.56 Å². The minimum atomic E-state index is -0.00676. The maximum Gasteiger partial charge on any atom is 0.266 e.